The largest absolute Gasteiger partial charge is 0.342 e. The van der Waals surface area contributed by atoms with Crippen molar-refractivity contribution in [1.29, 1.82) is 0 Å². The zero-order valence-corrected chi connectivity index (χ0v) is 15.1. The van der Waals surface area contributed by atoms with Crippen LogP contribution in [-0.4, -0.2) is 44.3 Å². The Kier molecular flexibility index (Phi) is 5.56. The molecule has 1 saturated heterocycles. The summed E-state index contributed by atoms with van der Waals surface area (Å²) in [6, 6.07) is 8.15. The Morgan fingerprint density at radius 2 is 1.83 bits per heavy atom. The summed E-state index contributed by atoms with van der Waals surface area (Å²) >= 11 is 1.43. The van der Waals surface area contributed by atoms with Gasteiger partial charge in [-0.15, -0.1) is 5.10 Å². The predicted molar refractivity (Wildman–Crippen MR) is 96.9 cm³/mol. The molecule has 0 spiro atoms. The number of hydrogen-bond acceptors (Lipinski definition) is 4. The van der Waals surface area contributed by atoms with E-state index in [-0.39, 0.29) is 11.2 Å². The van der Waals surface area contributed by atoms with Crippen molar-refractivity contribution in [2.24, 2.45) is 0 Å². The molecule has 128 valence electrons. The smallest absolute Gasteiger partial charge is 0.235 e. The minimum atomic E-state index is -0.162. The van der Waals surface area contributed by atoms with E-state index in [1.165, 1.54) is 30.2 Å². The second kappa shape index (κ2) is 7.83. The molecule has 5 nitrogen and oxygen atoms in total. The number of carbonyl (C=O) groups is 1. The molecule has 0 bridgehead atoms. The van der Waals surface area contributed by atoms with Crippen LogP contribution < -0.4 is 0 Å². The standard InChI is InChI=1S/C18H24N4OS/c1-13-7-9-15(10-8-13)16-19-18(21-20-16)24-14(2)17(23)22-11-5-3-4-6-12-22/h7-10,14H,3-6,11-12H2,1-2H3,(H,19,20,21). The first-order valence-electron chi connectivity index (χ1n) is 8.58. The third-order valence-electron chi connectivity index (χ3n) is 4.34. The number of aryl methyl sites for hydroxylation is 1. The SMILES string of the molecule is Cc1ccc(-c2nc(SC(C)C(=O)N3CCCCCC3)n[nH]2)cc1. The lowest BCUT2D eigenvalue weighted by Crippen LogP contribution is -2.37. The molecular weight excluding hydrogens is 320 g/mol. The molecule has 24 heavy (non-hydrogen) atoms. The molecule has 2 aromatic rings. The van der Waals surface area contributed by atoms with E-state index in [4.69, 9.17) is 0 Å². The van der Waals surface area contributed by atoms with Crippen LogP contribution in [0.4, 0.5) is 0 Å². The van der Waals surface area contributed by atoms with Gasteiger partial charge < -0.3 is 4.90 Å². The number of nitrogens with zero attached hydrogens (tertiary/aromatic N) is 3. The molecule has 1 amide bonds. The number of thioether (sulfide) groups is 1. The zero-order chi connectivity index (χ0) is 16.9. The summed E-state index contributed by atoms with van der Waals surface area (Å²) in [7, 11) is 0. The van der Waals surface area contributed by atoms with Crippen LogP contribution in [0.25, 0.3) is 11.4 Å². The molecule has 6 heteroatoms. The van der Waals surface area contributed by atoms with E-state index in [0.717, 1.165) is 37.3 Å². The number of nitrogens with one attached hydrogen (secondary N) is 1. The second-order valence-electron chi connectivity index (χ2n) is 6.33. The summed E-state index contributed by atoms with van der Waals surface area (Å²) in [6.45, 7) is 5.76. The fraction of sp³-hybridized carbons (Fsp3) is 0.500. The summed E-state index contributed by atoms with van der Waals surface area (Å²) in [5, 5.41) is 7.69. The van der Waals surface area contributed by atoms with Crippen molar-refractivity contribution >= 4 is 17.7 Å². The molecule has 1 aromatic heterocycles. The van der Waals surface area contributed by atoms with Crippen molar-refractivity contribution in [1.82, 2.24) is 20.1 Å². The number of carbonyl (C=O) groups excluding carboxylic acids is 1. The number of aromatic amines is 1. The molecule has 0 radical (unpaired) electrons. The topological polar surface area (TPSA) is 61.9 Å². The number of amides is 1. The summed E-state index contributed by atoms with van der Waals surface area (Å²) in [5.41, 5.74) is 2.22. The lowest BCUT2D eigenvalue weighted by atomic mass is 10.1. The zero-order valence-electron chi connectivity index (χ0n) is 14.3. The van der Waals surface area contributed by atoms with Crippen molar-refractivity contribution in [2.75, 3.05) is 13.1 Å². The lowest BCUT2D eigenvalue weighted by molar-refractivity contribution is -0.130. The van der Waals surface area contributed by atoms with Gasteiger partial charge in [0.1, 0.15) is 0 Å². The highest BCUT2D eigenvalue weighted by atomic mass is 32.2. The second-order valence-corrected chi connectivity index (χ2v) is 7.64. The average molecular weight is 344 g/mol. The van der Waals surface area contributed by atoms with E-state index in [0.29, 0.717) is 5.16 Å². The van der Waals surface area contributed by atoms with Crippen molar-refractivity contribution in [2.45, 2.75) is 49.9 Å². The Labute approximate surface area is 147 Å². The third-order valence-corrected chi connectivity index (χ3v) is 5.29. The molecule has 1 N–H and O–H groups in total. The van der Waals surface area contributed by atoms with E-state index >= 15 is 0 Å². The van der Waals surface area contributed by atoms with Crippen LogP contribution in [-0.2, 0) is 4.79 Å². The quantitative estimate of drug-likeness (QED) is 0.860. The molecule has 1 atom stereocenters. The normalized spacial score (nSPS) is 16.7. The third kappa shape index (κ3) is 4.17. The Morgan fingerprint density at radius 1 is 1.17 bits per heavy atom. The van der Waals surface area contributed by atoms with Gasteiger partial charge in [-0.05, 0) is 26.7 Å². The van der Waals surface area contributed by atoms with Crippen LogP contribution in [0.5, 0.6) is 0 Å². The molecule has 2 heterocycles. The minimum absolute atomic E-state index is 0.162. The molecule has 1 aliphatic heterocycles. The van der Waals surface area contributed by atoms with Crippen molar-refractivity contribution in [3.63, 3.8) is 0 Å². The Bertz CT molecular complexity index is 675. The van der Waals surface area contributed by atoms with Gasteiger partial charge >= 0.3 is 0 Å². The highest BCUT2D eigenvalue weighted by molar-refractivity contribution is 8.00. The van der Waals surface area contributed by atoms with Crippen LogP contribution in [0.1, 0.15) is 38.2 Å². The minimum Gasteiger partial charge on any atom is -0.342 e. The molecular formula is C18H24N4OS. The van der Waals surface area contributed by atoms with Crippen molar-refractivity contribution in [3.8, 4) is 11.4 Å². The van der Waals surface area contributed by atoms with Gasteiger partial charge in [-0.1, -0.05) is 54.4 Å². The van der Waals surface area contributed by atoms with Crippen molar-refractivity contribution in [3.05, 3.63) is 29.8 Å². The Morgan fingerprint density at radius 3 is 2.50 bits per heavy atom. The average Bonchev–Trinajstić information content (AvgIpc) is 2.88. The number of aromatic nitrogens is 3. The lowest BCUT2D eigenvalue weighted by Gasteiger charge is -2.23. The molecule has 1 unspecified atom stereocenters. The fourth-order valence-electron chi connectivity index (χ4n) is 2.90. The Balaban J connectivity index is 1.63. The molecule has 1 fully saturated rings. The van der Waals surface area contributed by atoms with Crippen LogP contribution in [0.2, 0.25) is 0 Å². The van der Waals surface area contributed by atoms with Gasteiger partial charge in [-0.25, -0.2) is 4.98 Å². The van der Waals surface area contributed by atoms with Crippen LogP contribution >= 0.6 is 11.8 Å². The first kappa shape index (κ1) is 17.0. The van der Waals surface area contributed by atoms with E-state index in [9.17, 15) is 4.79 Å². The van der Waals surface area contributed by atoms with Gasteiger partial charge in [0.15, 0.2) is 5.82 Å². The first-order valence-corrected chi connectivity index (χ1v) is 9.46. The Hall–Kier alpha value is -1.82. The summed E-state index contributed by atoms with van der Waals surface area (Å²) < 4.78 is 0. The highest BCUT2D eigenvalue weighted by Crippen LogP contribution is 2.24. The first-order chi connectivity index (χ1) is 11.6. The van der Waals surface area contributed by atoms with E-state index in [1.807, 2.05) is 24.0 Å². The monoisotopic (exact) mass is 344 g/mol. The molecule has 1 aliphatic rings. The van der Waals surface area contributed by atoms with Gasteiger partial charge in [-0.3, -0.25) is 9.89 Å². The molecule has 1 aromatic carbocycles. The number of likely N-dealkylation sites (tertiary alicyclic amines) is 1. The number of benzene rings is 1. The van der Waals surface area contributed by atoms with E-state index in [1.54, 1.807) is 0 Å². The number of hydrogen-bond donors (Lipinski definition) is 1. The summed E-state index contributed by atoms with van der Waals surface area (Å²) in [5.74, 6) is 0.940. The van der Waals surface area contributed by atoms with Gasteiger partial charge in [0, 0.05) is 18.7 Å². The fourth-order valence-corrected chi connectivity index (χ4v) is 3.70. The molecule has 0 saturated carbocycles. The summed E-state index contributed by atoms with van der Waals surface area (Å²) in [4.78, 5) is 19.1. The maximum absolute atomic E-state index is 12.6. The highest BCUT2D eigenvalue weighted by Gasteiger charge is 2.23. The van der Waals surface area contributed by atoms with E-state index < -0.39 is 0 Å². The van der Waals surface area contributed by atoms with Crippen LogP contribution in [0.15, 0.2) is 29.4 Å². The molecule has 0 aliphatic carbocycles. The summed E-state index contributed by atoms with van der Waals surface area (Å²) in [6.07, 6.45) is 4.68. The maximum atomic E-state index is 12.6. The van der Waals surface area contributed by atoms with Gasteiger partial charge in [0.2, 0.25) is 11.1 Å². The predicted octanol–water partition coefficient (Wildman–Crippen LogP) is 3.66. The number of rotatable bonds is 4. The van der Waals surface area contributed by atoms with Crippen LogP contribution in [0, 0.1) is 6.92 Å². The van der Waals surface area contributed by atoms with Crippen LogP contribution in [0.3, 0.4) is 0 Å². The maximum Gasteiger partial charge on any atom is 0.235 e. The van der Waals surface area contributed by atoms with Gasteiger partial charge in [0.05, 0.1) is 5.25 Å². The van der Waals surface area contributed by atoms with Gasteiger partial charge in [0.25, 0.3) is 0 Å². The molecule has 3 rings (SSSR count). The van der Waals surface area contributed by atoms with E-state index in [2.05, 4.69) is 34.2 Å². The van der Waals surface area contributed by atoms with Crippen molar-refractivity contribution < 1.29 is 4.79 Å². The van der Waals surface area contributed by atoms with Gasteiger partial charge in [-0.2, -0.15) is 0 Å². The number of H-pyrrole nitrogens is 1.